The van der Waals surface area contributed by atoms with Gasteiger partial charge in [-0.1, -0.05) is 42.1 Å². The highest BCUT2D eigenvalue weighted by atomic mass is 32.2. The van der Waals surface area contributed by atoms with Crippen molar-refractivity contribution in [3.8, 4) is 5.69 Å². The number of oxazole rings is 1. The third kappa shape index (κ3) is 2.82. The van der Waals surface area contributed by atoms with Crippen LogP contribution < -0.4 is 0 Å². The Bertz CT molecular complexity index is 1020. The van der Waals surface area contributed by atoms with E-state index in [2.05, 4.69) is 39.9 Å². The van der Waals surface area contributed by atoms with Gasteiger partial charge < -0.3 is 4.42 Å². The molecule has 0 atom stereocenters. The fourth-order valence-electron chi connectivity index (χ4n) is 3.56. The second kappa shape index (κ2) is 6.65. The lowest BCUT2D eigenvalue weighted by molar-refractivity contribution is 0.556. The number of aromatic nitrogens is 3. The van der Waals surface area contributed by atoms with Crippen LogP contribution in [0.4, 0.5) is 0 Å². The molecule has 2 aromatic carbocycles. The van der Waals surface area contributed by atoms with Gasteiger partial charge >= 0.3 is 0 Å². The number of rotatable bonds is 4. The fraction of sp³-hybridized carbons (Fsp3) is 0.238. The second-order valence-electron chi connectivity index (χ2n) is 6.53. The highest BCUT2D eigenvalue weighted by Gasteiger charge is 2.21. The topological polar surface area (TPSA) is 43.9 Å². The van der Waals surface area contributed by atoms with E-state index in [4.69, 9.17) is 9.40 Å². The molecule has 4 aromatic rings. The third-order valence-electron chi connectivity index (χ3n) is 4.78. The van der Waals surface area contributed by atoms with E-state index in [-0.39, 0.29) is 0 Å². The molecule has 0 bridgehead atoms. The van der Waals surface area contributed by atoms with Gasteiger partial charge in [-0.3, -0.25) is 4.57 Å². The molecule has 0 N–H and O–H groups in total. The van der Waals surface area contributed by atoms with Crippen molar-refractivity contribution in [2.45, 2.75) is 36.6 Å². The molecule has 0 saturated carbocycles. The average Bonchev–Trinajstić information content (AvgIpc) is 3.27. The van der Waals surface area contributed by atoms with Crippen molar-refractivity contribution in [2.24, 2.45) is 0 Å². The van der Waals surface area contributed by atoms with Crippen LogP contribution in [0, 0.1) is 0 Å². The molecule has 1 aliphatic carbocycles. The highest BCUT2D eigenvalue weighted by Crippen LogP contribution is 2.32. The summed E-state index contributed by atoms with van der Waals surface area (Å²) in [6, 6.07) is 18.4. The molecule has 2 aromatic heterocycles. The fourth-order valence-corrected chi connectivity index (χ4v) is 4.46. The molecule has 2 heterocycles. The number of fused-ring (bicyclic) bond motifs is 2. The Labute approximate surface area is 156 Å². The number of aryl methyl sites for hydroxylation is 1. The second-order valence-corrected chi connectivity index (χ2v) is 7.47. The molecule has 0 saturated heterocycles. The third-order valence-corrected chi connectivity index (χ3v) is 5.70. The van der Waals surface area contributed by atoms with Gasteiger partial charge in [0.2, 0.25) is 5.89 Å². The molecule has 5 rings (SSSR count). The Morgan fingerprint density at radius 1 is 0.923 bits per heavy atom. The van der Waals surface area contributed by atoms with Crippen molar-refractivity contribution >= 4 is 22.9 Å². The Hall–Kier alpha value is -2.53. The molecule has 1 aliphatic rings. The van der Waals surface area contributed by atoms with Gasteiger partial charge in [0.1, 0.15) is 5.52 Å². The van der Waals surface area contributed by atoms with Crippen molar-refractivity contribution in [1.82, 2.24) is 14.5 Å². The van der Waals surface area contributed by atoms with Crippen LogP contribution in [0.3, 0.4) is 0 Å². The molecule has 5 heteroatoms. The van der Waals surface area contributed by atoms with Crippen LogP contribution in [0.25, 0.3) is 16.8 Å². The number of benzene rings is 2. The monoisotopic (exact) mass is 361 g/mol. The van der Waals surface area contributed by atoms with Gasteiger partial charge in [-0.15, -0.1) is 0 Å². The summed E-state index contributed by atoms with van der Waals surface area (Å²) in [7, 11) is 0. The van der Waals surface area contributed by atoms with Crippen LogP contribution >= 0.6 is 11.8 Å². The van der Waals surface area contributed by atoms with Gasteiger partial charge in [0.05, 0.1) is 11.4 Å². The predicted molar refractivity (Wildman–Crippen MR) is 104 cm³/mol. The van der Waals surface area contributed by atoms with Gasteiger partial charge in [-0.05, 0) is 49.9 Å². The molecule has 26 heavy (non-hydrogen) atoms. The van der Waals surface area contributed by atoms with Crippen LogP contribution in [0.15, 0.2) is 64.2 Å². The zero-order chi connectivity index (χ0) is 17.3. The van der Waals surface area contributed by atoms with E-state index in [0.717, 1.165) is 35.0 Å². The summed E-state index contributed by atoms with van der Waals surface area (Å²) in [5.74, 6) is 1.43. The first-order valence-electron chi connectivity index (χ1n) is 9.01. The van der Waals surface area contributed by atoms with E-state index < -0.39 is 0 Å². The van der Waals surface area contributed by atoms with Crippen molar-refractivity contribution in [1.29, 1.82) is 0 Å². The number of hydrogen-bond acceptors (Lipinski definition) is 4. The van der Waals surface area contributed by atoms with Crippen LogP contribution in [0.1, 0.15) is 30.1 Å². The predicted octanol–water partition coefficient (Wildman–Crippen LogP) is 5.18. The minimum absolute atomic E-state index is 0.678. The minimum Gasteiger partial charge on any atom is -0.440 e. The quantitative estimate of drug-likeness (QED) is 0.470. The molecule has 4 nitrogen and oxygen atoms in total. The lowest BCUT2D eigenvalue weighted by Crippen LogP contribution is -2.07. The Balaban J connectivity index is 1.49. The standard InChI is InChI=1S/C21H19N3OS/c1-2-8-15(9-3-1)24-18-12-6-4-10-16(18)23-21(24)26-14-20-22-17-11-5-7-13-19(17)25-20/h1-3,5,7-9,11,13H,4,6,10,12,14H2. The van der Waals surface area contributed by atoms with Gasteiger partial charge in [0.15, 0.2) is 10.7 Å². The maximum Gasteiger partial charge on any atom is 0.205 e. The van der Waals surface area contributed by atoms with E-state index in [0.29, 0.717) is 5.75 Å². The van der Waals surface area contributed by atoms with Gasteiger partial charge in [-0.2, -0.15) is 0 Å². The summed E-state index contributed by atoms with van der Waals surface area (Å²) in [5, 5.41) is 1.03. The maximum absolute atomic E-state index is 5.87. The smallest absolute Gasteiger partial charge is 0.205 e. The van der Waals surface area contributed by atoms with Crippen LogP contribution in [0.5, 0.6) is 0 Å². The Kier molecular flexibility index (Phi) is 4.02. The van der Waals surface area contributed by atoms with Gasteiger partial charge in [-0.25, -0.2) is 9.97 Å². The SMILES string of the molecule is c1ccc(-n2c(SCc3nc4ccccc4o3)nc3c2CCCC3)cc1. The maximum atomic E-state index is 5.87. The molecule has 0 spiro atoms. The number of hydrogen-bond donors (Lipinski definition) is 0. The summed E-state index contributed by atoms with van der Waals surface area (Å²) in [6.07, 6.45) is 4.64. The van der Waals surface area contributed by atoms with E-state index in [9.17, 15) is 0 Å². The Morgan fingerprint density at radius 2 is 1.73 bits per heavy atom. The molecular formula is C21H19N3OS. The minimum atomic E-state index is 0.678. The Morgan fingerprint density at radius 3 is 2.62 bits per heavy atom. The van der Waals surface area contributed by atoms with Crippen molar-refractivity contribution in [2.75, 3.05) is 0 Å². The number of imidazole rings is 1. The van der Waals surface area contributed by atoms with Gasteiger partial charge in [0.25, 0.3) is 0 Å². The van der Waals surface area contributed by atoms with Crippen LogP contribution in [-0.4, -0.2) is 14.5 Å². The molecule has 0 fully saturated rings. The zero-order valence-electron chi connectivity index (χ0n) is 14.4. The average molecular weight is 361 g/mol. The lowest BCUT2D eigenvalue weighted by Gasteiger charge is -2.15. The van der Waals surface area contributed by atoms with Crippen LogP contribution in [-0.2, 0) is 18.6 Å². The van der Waals surface area contributed by atoms with Crippen LogP contribution in [0.2, 0.25) is 0 Å². The molecule has 0 radical (unpaired) electrons. The van der Waals surface area contributed by atoms with E-state index in [1.165, 1.54) is 29.9 Å². The van der Waals surface area contributed by atoms with Crippen molar-refractivity contribution in [3.05, 3.63) is 71.9 Å². The summed E-state index contributed by atoms with van der Waals surface area (Å²) in [6.45, 7) is 0. The summed E-state index contributed by atoms with van der Waals surface area (Å²) in [5.41, 5.74) is 5.55. The van der Waals surface area contributed by atoms with Crippen molar-refractivity contribution < 1.29 is 4.42 Å². The van der Waals surface area contributed by atoms with Gasteiger partial charge in [0, 0.05) is 11.4 Å². The summed E-state index contributed by atoms with van der Waals surface area (Å²) in [4.78, 5) is 9.54. The molecule has 0 aliphatic heterocycles. The lowest BCUT2D eigenvalue weighted by atomic mass is 10.0. The number of thioether (sulfide) groups is 1. The first-order valence-corrected chi connectivity index (χ1v) is 10.0. The number of para-hydroxylation sites is 3. The zero-order valence-corrected chi connectivity index (χ0v) is 15.2. The largest absolute Gasteiger partial charge is 0.440 e. The summed E-state index contributed by atoms with van der Waals surface area (Å²) >= 11 is 1.70. The summed E-state index contributed by atoms with van der Waals surface area (Å²) < 4.78 is 8.19. The molecular weight excluding hydrogens is 342 g/mol. The highest BCUT2D eigenvalue weighted by molar-refractivity contribution is 7.98. The number of nitrogens with zero attached hydrogens (tertiary/aromatic N) is 3. The van der Waals surface area contributed by atoms with E-state index in [1.54, 1.807) is 11.8 Å². The van der Waals surface area contributed by atoms with Crippen molar-refractivity contribution in [3.63, 3.8) is 0 Å². The molecule has 0 amide bonds. The normalized spacial score (nSPS) is 13.8. The van der Waals surface area contributed by atoms with E-state index in [1.807, 2.05) is 24.3 Å². The first kappa shape index (κ1) is 15.7. The molecule has 0 unspecified atom stereocenters. The molecule has 130 valence electrons. The van der Waals surface area contributed by atoms with E-state index >= 15 is 0 Å². The first-order chi connectivity index (χ1) is 12.9.